The fourth-order valence-electron chi connectivity index (χ4n) is 3.25. The molecule has 1 fully saturated rings. The monoisotopic (exact) mass is 353 g/mol. The lowest BCUT2D eigenvalue weighted by atomic mass is 10.0. The SMILES string of the molecule is Cc1ccc(C(CNC(=O)C(N)c2ccccc2)N2CCOCC2)cc1. The number of nitrogens with zero attached hydrogens (tertiary/aromatic N) is 1. The molecule has 2 aromatic carbocycles. The first kappa shape index (κ1) is 18.6. The van der Waals surface area contributed by atoms with E-state index < -0.39 is 6.04 Å². The molecule has 1 amide bonds. The summed E-state index contributed by atoms with van der Waals surface area (Å²) < 4.78 is 5.48. The van der Waals surface area contributed by atoms with Crippen LogP contribution in [0.25, 0.3) is 0 Å². The Balaban J connectivity index is 1.69. The van der Waals surface area contributed by atoms with E-state index in [1.54, 1.807) is 0 Å². The Morgan fingerprint density at radius 3 is 2.38 bits per heavy atom. The Morgan fingerprint density at radius 1 is 1.08 bits per heavy atom. The summed E-state index contributed by atoms with van der Waals surface area (Å²) in [6.07, 6.45) is 0. The predicted molar refractivity (Wildman–Crippen MR) is 103 cm³/mol. The molecule has 2 atom stereocenters. The van der Waals surface area contributed by atoms with Crippen LogP contribution in [0.5, 0.6) is 0 Å². The molecular weight excluding hydrogens is 326 g/mol. The smallest absolute Gasteiger partial charge is 0.241 e. The van der Waals surface area contributed by atoms with Gasteiger partial charge in [-0.05, 0) is 18.1 Å². The molecule has 1 aliphatic rings. The van der Waals surface area contributed by atoms with Crippen molar-refractivity contribution in [3.8, 4) is 0 Å². The quantitative estimate of drug-likeness (QED) is 0.835. The molecule has 138 valence electrons. The van der Waals surface area contributed by atoms with Gasteiger partial charge in [-0.1, -0.05) is 60.2 Å². The molecule has 1 heterocycles. The summed E-state index contributed by atoms with van der Waals surface area (Å²) >= 11 is 0. The lowest BCUT2D eigenvalue weighted by Gasteiger charge is -2.35. The van der Waals surface area contributed by atoms with Gasteiger partial charge < -0.3 is 15.8 Å². The molecule has 3 rings (SSSR count). The highest BCUT2D eigenvalue weighted by atomic mass is 16.5. The largest absolute Gasteiger partial charge is 0.379 e. The first-order valence-electron chi connectivity index (χ1n) is 9.12. The molecular formula is C21H27N3O2. The van der Waals surface area contributed by atoms with Crippen molar-refractivity contribution < 1.29 is 9.53 Å². The number of carbonyl (C=O) groups excluding carboxylic acids is 1. The molecule has 1 saturated heterocycles. The first-order valence-corrected chi connectivity index (χ1v) is 9.12. The van der Waals surface area contributed by atoms with Crippen LogP contribution in [0.3, 0.4) is 0 Å². The van der Waals surface area contributed by atoms with E-state index in [0.29, 0.717) is 6.54 Å². The van der Waals surface area contributed by atoms with E-state index in [0.717, 1.165) is 31.9 Å². The fraction of sp³-hybridized carbons (Fsp3) is 0.381. The van der Waals surface area contributed by atoms with Gasteiger partial charge in [0.2, 0.25) is 5.91 Å². The highest BCUT2D eigenvalue weighted by Crippen LogP contribution is 2.22. The highest BCUT2D eigenvalue weighted by Gasteiger charge is 2.24. The van der Waals surface area contributed by atoms with E-state index in [2.05, 4.69) is 41.4 Å². The van der Waals surface area contributed by atoms with Crippen LogP contribution in [0, 0.1) is 6.92 Å². The maximum Gasteiger partial charge on any atom is 0.241 e. The van der Waals surface area contributed by atoms with Crippen LogP contribution in [0.2, 0.25) is 0 Å². The zero-order chi connectivity index (χ0) is 18.4. The number of rotatable bonds is 6. The fourth-order valence-corrected chi connectivity index (χ4v) is 3.25. The average Bonchev–Trinajstić information content (AvgIpc) is 2.70. The van der Waals surface area contributed by atoms with Gasteiger partial charge in [0.25, 0.3) is 0 Å². The van der Waals surface area contributed by atoms with Gasteiger partial charge in [0.15, 0.2) is 0 Å². The van der Waals surface area contributed by atoms with Crippen LogP contribution >= 0.6 is 0 Å². The van der Waals surface area contributed by atoms with Gasteiger partial charge in [-0.3, -0.25) is 9.69 Å². The number of hydrogen-bond acceptors (Lipinski definition) is 4. The number of aryl methyl sites for hydroxylation is 1. The molecule has 0 aromatic heterocycles. The molecule has 2 unspecified atom stereocenters. The van der Waals surface area contributed by atoms with Crippen molar-refractivity contribution in [2.75, 3.05) is 32.8 Å². The van der Waals surface area contributed by atoms with E-state index in [1.165, 1.54) is 11.1 Å². The van der Waals surface area contributed by atoms with Crippen molar-refractivity contribution in [3.05, 3.63) is 71.3 Å². The molecule has 0 radical (unpaired) electrons. The lowest BCUT2D eigenvalue weighted by Crippen LogP contribution is -2.45. The minimum atomic E-state index is -0.653. The summed E-state index contributed by atoms with van der Waals surface area (Å²) in [6.45, 7) is 5.77. The summed E-state index contributed by atoms with van der Waals surface area (Å²) in [6, 6.07) is 17.4. The van der Waals surface area contributed by atoms with Crippen molar-refractivity contribution in [2.45, 2.75) is 19.0 Å². The van der Waals surface area contributed by atoms with E-state index in [9.17, 15) is 4.79 Å². The number of nitrogens with two attached hydrogens (primary N) is 1. The van der Waals surface area contributed by atoms with Gasteiger partial charge >= 0.3 is 0 Å². The molecule has 3 N–H and O–H groups in total. The molecule has 5 nitrogen and oxygen atoms in total. The van der Waals surface area contributed by atoms with Gasteiger partial charge in [0, 0.05) is 19.6 Å². The second-order valence-corrected chi connectivity index (χ2v) is 6.71. The van der Waals surface area contributed by atoms with Crippen LogP contribution in [0.4, 0.5) is 0 Å². The number of ether oxygens (including phenoxy) is 1. The zero-order valence-electron chi connectivity index (χ0n) is 15.2. The van der Waals surface area contributed by atoms with Crippen molar-refractivity contribution in [1.82, 2.24) is 10.2 Å². The van der Waals surface area contributed by atoms with Crippen LogP contribution < -0.4 is 11.1 Å². The predicted octanol–water partition coefficient (Wildman–Crippen LogP) is 2.18. The summed E-state index contributed by atoms with van der Waals surface area (Å²) in [5.74, 6) is -0.151. The van der Waals surface area contributed by atoms with E-state index in [4.69, 9.17) is 10.5 Å². The summed E-state index contributed by atoms with van der Waals surface area (Å²) in [7, 11) is 0. The molecule has 0 saturated carbocycles. The number of carbonyl (C=O) groups is 1. The van der Waals surface area contributed by atoms with Crippen LogP contribution in [0.15, 0.2) is 54.6 Å². The van der Waals surface area contributed by atoms with Crippen LogP contribution in [0.1, 0.15) is 28.8 Å². The molecule has 1 aliphatic heterocycles. The third-order valence-corrected chi connectivity index (χ3v) is 4.86. The third kappa shape index (κ3) is 4.69. The molecule has 26 heavy (non-hydrogen) atoms. The maximum absolute atomic E-state index is 12.5. The topological polar surface area (TPSA) is 67.6 Å². The Kier molecular flexibility index (Phi) is 6.39. The Bertz CT molecular complexity index is 697. The summed E-state index contributed by atoms with van der Waals surface area (Å²) in [4.78, 5) is 14.9. The Labute approximate surface area is 155 Å². The third-order valence-electron chi connectivity index (χ3n) is 4.86. The van der Waals surface area contributed by atoms with Gasteiger partial charge in [-0.2, -0.15) is 0 Å². The summed E-state index contributed by atoms with van der Waals surface area (Å²) in [5.41, 5.74) is 9.37. The first-order chi connectivity index (χ1) is 12.6. The molecule has 5 heteroatoms. The van der Waals surface area contributed by atoms with Gasteiger partial charge in [0.1, 0.15) is 6.04 Å². The minimum absolute atomic E-state index is 0.117. The van der Waals surface area contributed by atoms with Gasteiger partial charge in [-0.15, -0.1) is 0 Å². The average molecular weight is 353 g/mol. The van der Waals surface area contributed by atoms with E-state index >= 15 is 0 Å². The van der Waals surface area contributed by atoms with Gasteiger partial charge in [-0.25, -0.2) is 0 Å². The second-order valence-electron chi connectivity index (χ2n) is 6.71. The molecule has 2 aromatic rings. The number of benzene rings is 2. The molecule has 0 aliphatic carbocycles. The number of hydrogen-bond donors (Lipinski definition) is 2. The second kappa shape index (κ2) is 8.94. The summed E-state index contributed by atoms with van der Waals surface area (Å²) in [5, 5.41) is 3.04. The lowest BCUT2D eigenvalue weighted by molar-refractivity contribution is -0.122. The molecule has 0 bridgehead atoms. The van der Waals surface area contributed by atoms with Gasteiger partial charge in [0.05, 0.1) is 19.3 Å². The van der Waals surface area contributed by atoms with Crippen LogP contribution in [-0.2, 0) is 9.53 Å². The number of morpholine rings is 1. The van der Waals surface area contributed by atoms with Crippen molar-refractivity contribution in [2.24, 2.45) is 5.73 Å². The van der Waals surface area contributed by atoms with Crippen molar-refractivity contribution in [1.29, 1.82) is 0 Å². The maximum atomic E-state index is 12.5. The van der Waals surface area contributed by atoms with E-state index in [-0.39, 0.29) is 11.9 Å². The van der Waals surface area contributed by atoms with E-state index in [1.807, 2.05) is 30.3 Å². The number of amides is 1. The minimum Gasteiger partial charge on any atom is -0.379 e. The Hall–Kier alpha value is -2.21. The molecule has 0 spiro atoms. The zero-order valence-corrected chi connectivity index (χ0v) is 15.2. The van der Waals surface area contributed by atoms with Crippen LogP contribution in [-0.4, -0.2) is 43.7 Å². The van der Waals surface area contributed by atoms with Crippen molar-refractivity contribution in [3.63, 3.8) is 0 Å². The highest BCUT2D eigenvalue weighted by molar-refractivity contribution is 5.82. The Morgan fingerprint density at radius 2 is 1.73 bits per heavy atom. The van der Waals surface area contributed by atoms with Crippen molar-refractivity contribution >= 4 is 5.91 Å². The standard InChI is InChI=1S/C21H27N3O2/c1-16-7-9-17(10-8-16)19(24-11-13-26-14-12-24)15-23-21(25)20(22)18-5-3-2-4-6-18/h2-10,19-20H,11-15,22H2,1H3,(H,23,25). The normalized spacial score (nSPS) is 17.5. The number of nitrogens with one attached hydrogen (secondary N) is 1.